The molecule has 1 heterocycles. The highest BCUT2D eigenvalue weighted by molar-refractivity contribution is 14.0. The molecule has 1 atom stereocenters. The van der Waals surface area contributed by atoms with Gasteiger partial charge in [0.1, 0.15) is 0 Å². The molecule has 0 aliphatic carbocycles. The van der Waals surface area contributed by atoms with E-state index in [4.69, 9.17) is 4.74 Å². The maximum absolute atomic E-state index is 11.8. The minimum absolute atomic E-state index is 0. The summed E-state index contributed by atoms with van der Waals surface area (Å²) in [4.78, 5) is 16.4. The van der Waals surface area contributed by atoms with Gasteiger partial charge in [0.05, 0.1) is 19.7 Å². The molecule has 7 heteroatoms. The molecule has 27 heavy (non-hydrogen) atoms. The molecule has 0 saturated carbocycles. The van der Waals surface area contributed by atoms with E-state index in [1.54, 1.807) is 30.0 Å². The molecular weight excluding hydrogens is 455 g/mol. The van der Waals surface area contributed by atoms with Gasteiger partial charge >= 0.3 is 0 Å². The Labute approximate surface area is 178 Å². The number of methoxy groups -OCH3 is 1. The molecule has 0 aliphatic heterocycles. The third kappa shape index (κ3) is 8.13. The lowest BCUT2D eigenvalue weighted by molar-refractivity contribution is 0.179. The molecule has 0 bridgehead atoms. The maximum Gasteiger partial charge on any atom is 0.250 e. The lowest BCUT2D eigenvalue weighted by Crippen LogP contribution is -2.43. The number of ether oxygens (including phenoxy) is 1. The first kappa shape index (κ1) is 23.2. The smallest absolute Gasteiger partial charge is 0.250 e. The number of rotatable bonds is 8. The van der Waals surface area contributed by atoms with E-state index >= 15 is 0 Å². The van der Waals surface area contributed by atoms with Gasteiger partial charge in [-0.2, -0.15) is 0 Å². The van der Waals surface area contributed by atoms with Crippen molar-refractivity contribution >= 4 is 29.9 Å². The molecule has 0 amide bonds. The largest absolute Gasteiger partial charge is 0.383 e. The van der Waals surface area contributed by atoms with Gasteiger partial charge in [-0.05, 0) is 31.0 Å². The van der Waals surface area contributed by atoms with E-state index in [0.717, 1.165) is 23.6 Å². The van der Waals surface area contributed by atoms with Crippen LogP contribution in [0.25, 0.3) is 0 Å². The van der Waals surface area contributed by atoms with Crippen LogP contribution in [-0.4, -0.2) is 36.8 Å². The molecule has 2 aromatic rings. The van der Waals surface area contributed by atoms with E-state index in [1.807, 2.05) is 25.1 Å². The predicted molar refractivity (Wildman–Crippen MR) is 121 cm³/mol. The molecule has 0 radical (unpaired) electrons. The molecule has 2 rings (SSSR count). The minimum Gasteiger partial charge on any atom is -0.383 e. The van der Waals surface area contributed by atoms with Crippen LogP contribution in [0.2, 0.25) is 0 Å². The number of hydrogen-bond donors (Lipinski definition) is 2. The summed E-state index contributed by atoms with van der Waals surface area (Å²) in [6.07, 6.45) is 1.80. The number of hydrogen-bond acceptors (Lipinski definition) is 3. The minimum atomic E-state index is 0. The van der Waals surface area contributed by atoms with Gasteiger partial charge in [0.25, 0.3) is 5.56 Å². The fourth-order valence-electron chi connectivity index (χ4n) is 2.55. The summed E-state index contributed by atoms with van der Waals surface area (Å²) in [6, 6.07) is 13.6. The van der Waals surface area contributed by atoms with Gasteiger partial charge in [-0.15, -0.1) is 24.0 Å². The zero-order valence-electron chi connectivity index (χ0n) is 16.1. The van der Waals surface area contributed by atoms with Crippen molar-refractivity contribution in [3.8, 4) is 0 Å². The highest BCUT2D eigenvalue weighted by atomic mass is 127. The quantitative estimate of drug-likeness (QED) is 0.344. The molecule has 0 spiro atoms. The topological polar surface area (TPSA) is 67.7 Å². The van der Waals surface area contributed by atoms with Crippen LogP contribution < -0.4 is 16.2 Å². The van der Waals surface area contributed by atoms with Gasteiger partial charge in [-0.1, -0.05) is 30.3 Å². The van der Waals surface area contributed by atoms with E-state index < -0.39 is 0 Å². The zero-order valence-corrected chi connectivity index (χ0v) is 18.5. The normalized spacial score (nSPS) is 12.2. The molecule has 1 unspecified atom stereocenters. The van der Waals surface area contributed by atoms with Crippen LogP contribution in [0.1, 0.15) is 25.0 Å². The van der Waals surface area contributed by atoms with Crippen molar-refractivity contribution in [3.05, 3.63) is 70.1 Å². The average Bonchev–Trinajstić information content (AvgIpc) is 2.63. The Bertz CT molecular complexity index is 759. The van der Waals surface area contributed by atoms with Gasteiger partial charge in [-0.3, -0.25) is 4.79 Å². The lowest BCUT2D eigenvalue weighted by atomic mass is 10.1. The van der Waals surface area contributed by atoms with Crippen molar-refractivity contribution in [1.29, 1.82) is 0 Å². The van der Waals surface area contributed by atoms with E-state index in [-0.39, 0.29) is 35.6 Å². The molecule has 0 aliphatic rings. The second-order valence-electron chi connectivity index (χ2n) is 6.18. The van der Waals surface area contributed by atoms with Crippen LogP contribution in [0.3, 0.4) is 0 Å². The van der Waals surface area contributed by atoms with Crippen LogP contribution in [0.5, 0.6) is 0 Å². The summed E-state index contributed by atoms with van der Waals surface area (Å²) in [7, 11) is 1.69. The molecule has 1 aromatic carbocycles. The van der Waals surface area contributed by atoms with E-state index in [2.05, 4.69) is 34.7 Å². The highest BCUT2D eigenvalue weighted by Gasteiger charge is 2.04. The van der Waals surface area contributed by atoms with Crippen LogP contribution >= 0.6 is 24.0 Å². The number of guanidine groups is 1. The second kappa shape index (κ2) is 12.5. The Kier molecular flexibility index (Phi) is 10.7. The number of halogens is 1. The molecule has 0 saturated heterocycles. The summed E-state index contributed by atoms with van der Waals surface area (Å²) in [5, 5.41) is 6.55. The Morgan fingerprint density at radius 2 is 1.89 bits per heavy atom. The van der Waals surface area contributed by atoms with E-state index in [9.17, 15) is 4.79 Å². The molecule has 6 nitrogen and oxygen atoms in total. The number of benzene rings is 1. The summed E-state index contributed by atoms with van der Waals surface area (Å²) in [5.74, 6) is 0.775. The van der Waals surface area contributed by atoms with E-state index in [1.165, 1.54) is 0 Å². The number of pyridine rings is 1. The SMILES string of the molecule is CCNC(=NCc1ccc(Cn2ccccc2=O)cc1)NC(C)COC.I. The maximum atomic E-state index is 11.8. The van der Waals surface area contributed by atoms with Crippen molar-refractivity contribution in [2.75, 3.05) is 20.3 Å². The number of nitrogens with zero attached hydrogens (tertiary/aromatic N) is 2. The first-order valence-electron chi connectivity index (χ1n) is 8.89. The molecular formula is C20H29IN4O2. The van der Waals surface area contributed by atoms with Gasteiger partial charge in [-0.25, -0.2) is 4.99 Å². The first-order valence-corrected chi connectivity index (χ1v) is 8.89. The summed E-state index contributed by atoms with van der Waals surface area (Å²) in [6.45, 7) is 6.67. The van der Waals surface area contributed by atoms with Crippen molar-refractivity contribution in [3.63, 3.8) is 0 Å². The predicted octanol–water partition coefficient (Wildman–Crippen LogP) is 2.60. The molecule has 1 aromatic heterocycles. The van der Waals surface area contributed by atoms with Gasteiger partial charge in [0, 0.05) is 32.0 Å². The summed E-state index contributed by atoms with van der Waals surface area (Å²) < 4.78 is 6.84. The third-order valence-corrected chi connectivity index (χ3v) is 3.84. The Balaban J connectivity index is 0.00000364. The van der Waals surface area contributed by atoms with E-state index in [0.29, 0.717) is 19.7 Å². The van der Waals surface area contributed by atoms with Gasteiger partial charge < -0.3 is 19.9 Å². The second-order valence-corrected chi connectivity index (χ2v) is 6.18. The monoisotopic (exact) mass is 484 g/mol. The molecule has 148 valence electrons. The van der Waals surface area contributed by atoms with Gasteiger partial charge in [0.2, 0.25) is 0 Å². The van der Waals surface area contributed by atoms with Crippen LogP contribution in [0.4, 0.5) is 0 Å². The number of aromatic nitrogens is 1. The Morgan fingerprint density at radius 1 is 1.19 bits per heavy atom. The molecule has 0 fully saturated rings. The summed E-state index contributed by atoms with van der Waals surface area (Å²) in [5.41, 5.74) is 2.21. The number of aliphatic imine (C=N–C) groups is 1. The fraction of sp³-hybridized carbons (Fsp3) is 0.400. The zero-order chi connectivity index (χ0) is 18.8. The standard InChI is InChI=1S/C20H28N4O2.HI/c1-4-21-20(23-16(2)15-26-3)22-13-17-8-10-18(11-9-17)14-24-12-6-5-7-19(24)25;/h5-12,16H,4,13-15H2,1-3H3,(H2,21,22,23);1H. The highest BCUT2D eigenvalue weighted by Crippen LogP contribution is 2.07. The van der Waals surface area contributed by atoms with Crippen LogP contribution in [0, 0.1) is 0 Å². The lowest BCUT2D eigenvalue weighted by Gasteiger charge is -2.17. The van der Waals surface area contributed by atoms with Crippen molar-refractivity contribution in [2.45, 2.75) is 33.0 Å². The number of nitrogens with one attached hydrogen (secondary N) is 2. The van der Waals surface area contributed by atoms with Crippen molar-refractivity contribution < 1.29 is 4.74 Å². The average molecular weight is 484 g/mol. The summed E-state index contributed by atoms with van der Waals surface area (Å²) >= 11 is 0. The Morgan fingerprint density at radius 3 is 2.52 bits per heavy atom. The van der Waals surface area contributed by atoms with Crippen molar-refractivity contribution in [2.24, 2.45) is 4.99 Å². The van der Waals surface area contributed by atoms with Crippen LogP contribution in [0.15, 0.2) is 58.4 Å². The molecule has 2 N–H and O–H groups in total. The fourth-order valence-corrected chi connectivity index (χ4v) is 2.55. The van der Waals surface area contributed by atoms with Crippen molar-refractivity contribution in [1.82, 2.24) is 15.2 Å². The van der Waals surface area contributed by atoms with Crippen LogP contribution in [-0.2, 0) is 17.8 Å². The Hall–Kier alpha value is -1.87. The first-order chi connectivity index (χ1) is 12.6. The van der Waals surface area contributed by atoms with Gasteiger partial charge in [0.15, 0.2) is 5.96 Å². The third-order valence-electron chi connectivity index (χ3n) is 3.84.